The van der Waals surface area contributed by atoms with Gasteiger partial charge in [0.25, 0.3) is 0 Å². The van der Waals surface area contributed by atoms with Gasteiger partial charge < -0.3 is 10.5 Å². The Balaban J connectivity index is 1.62. The minimum atomic E-state index is 0.292. The topological polar surface area (TPSA) is 35.2 Å². The molecule has 19 heavy (non-hydrogen) atoms. The maximum absolute atomic E-state index is 6.48. The van der Waals surface area contributed by atoms with Crippen LogP contribution >= 0.6 is 0 Å². The predicted octanol–water partition coefficient (Wildman–Crippen LogP) is 3.88. The van der Waals surface area contributed by atoms with E-state index in [2.05, 4.69) is 6.92 Å². The van der Waals surface area contributed by atoms with E-state index in [4.69, 9.17) is 10.5 Å². The Morgan fingerprint density at radius 1 is 1.21 bits per heavy atom. The third-order valence-electron chi connectivity index (χ3n) is 6.16. The van der Waals surface area contributed by atoms with Crippen molar-refractivity contribution in [1.29, 1.82) is 0 Å². The highest BCUT2D eigenvalue weighted by Crippen LogP contribution is 2.48. The van der Waals surface area contributed by atoms with Crippen molar-refractivity contribution in [1.82, 2.24) is 0 Å². The van der Waals surface area contributed by atoms with Crippen LogP contribution in [-0.4, -0.2) is 18.2 Å². The molecule has 3 rings (SSSR count). The van der Waals surface area contributed by atoms with E-state index in [1.54, 1.807) is 0 Å². The SMILES string of the molecule is CCCC1CCC(N)C(C2CCOC3(CCC3)C2)C1. The van der Waals surface area contributed by atoms with Crippen molar-refractivity contribution in [2.75, 3.05) is 6.61 Å². The van der Waals surface area contributed by atoms with Crippen LogP contribution in [0.1, 0.15) is 71.1 Å². The summed E-state index contributed by atoms with van der Waals surface area (Å²) in [5, 5.41) is 0. The van der Waals surface area contributed by atoms with Crippen molar-refractivity contribution in [3.63, 3.8) is 0 Å². The van der Waals surface area contributed by atoms with Crippen LogP contribution in [0.3, 0.4) is 0 Å². The average molecular weight is 265 g/mol. The first-order chi connectivity index (χ1) is 9.22. The standard InChI is InChI=1S/C17H31NO/c1-2-4-13-5-6-16(18)15(11-13)14-7-10-19-17(12-14)8-3-9-17/h13-16H,2-12,18H2,1H3. The number of ether oxygens (including phenoxy) is 1. The fourth-order valence-electron chi connectivity index (χ4n) is 4.88. The molecule has 4 atom stereocenters. The molecule has 2 heteroatoms. The zero-order valence-electron chi connectivity index (χ0n) is 12.6. The second-order valence-corrected chi connectivity index (χ2v) is 7.43. The largest absolute Gasteiger partial charge is 0.375 e. The average Bonchev–Trinajstić information content (AvgIpc) is 2.40. The van der Waals surface area contributed by atoms with Crippen molar-refractivity contribution < 1.29 is 4.74 Å². The van der Waals surface area contributed by atoms with Gasteiger partial charge in [-0.1, -0.05) is 19.8 Å². The highest BCUT2D eigenvalue weighted by Gasteiger charge is 2.45. The van der Waals surface area contributed by atoms with E-state index in [0.29, 0.717) is 11.6 Å². The molecule has 4 unspecified atom stereocenters. The number of hydrogen-bond acceptors (Lipinski definition) is 2. The summed E-state index contributed by atoms with van der Waals surface area (Å²) in [6.45, 7) is 3.31. The van der Waals surface area contributed by atoms with Crippen LogP contribution in [-0.2, 0) is 4.74 Å². The third-order valence-corrected chi connectivity index (χ3v) is 6.16. The van der Waals surface area contributed by atoms with Crippen molar-refractivity contribution in [3.05, 3.63) is 0 Å². The maximum Gasteiger partial charge on any atom is 0.0685 e. The monoisotopic (exact) mass is 265 g/mol. The quantitative estimate of drug-likeness (QED) is 0.840. The molecule has 3 fully saturated rings. The van der Waals surface area contributed by atoms with E-state index < -0.39 is 0 Å². The minimum absolute atomic E-state index is 0.292. The molecule has 1 heterocycles. The van der Waals surface area contributed by atoms with Gasteiger partial charge in [-0.25, -0.2) is 0 Å². The Hall–Kier alpha value is -0.0800. The van der Waals surface area contributed by atoms with Gasteiger partial charge >= 0.3 is 0 Å². The molecule has 2 saturated carbocycles. The number of rotatable bonds is 3. The Morgan fingerprint density at radius 2 is 2.05 bits per heavy atom. The molecule has 0 radical (unpaired) electrons. The van der Waals surface area contributed by atoms with Gasteiger partial charge in [0, 0.05) is 12.6 Å². The van der Waals surface area contributed by atoms with Crippen LogP contribution in [0.2, 0.25) is 0 Å². The van der Waals surface area contributed by atoms with E-state index in [9.17, 15) is 0 Å². The van der Waals surface area contributed by atoms with Crippen LogP contribution < -0.4 is 5.73 Å². The first-order valence-corrected chi connectivity index (χ1v) is 8.62. The highest BCUT2D eigenvalue weighted by atomic mass is 16.5. The molecule has 0 aromatic rings. The van der Waals surface area contributed by atoms with Gasteiger partial charge in [0.05, 0.1) is 5.60 Å². The molecule has 0 bridgehead atoms. The van der Waals surface area contributed by atoms with Gasteiger partial charge in [0.15, 0.2) is 0 Å². The smallest absolute Gasteiger partial charge is 0.0685 e. The summed E-state index contributed by atoms with van der Waals surface area (Å²) in [4.78, 5) is 0. The van der Waals surface area contributed by atoms with Crippen molar-refractivity contribution in [2.45, 2.75) is 82.8 Å². The Morgan fingerprint density at radius 3 is 2.74 bits per heavy atom. The van der Waals surface area contributed by atoms with Crippen LogP contribution in [0.4, 0.5) is 0 Å². The van der Waals surface area contributed by atoms with E-state index in [1.165, 1.54) is 64.2 Å². The Kier molecular flexibility index (Phi) is 4.19. The first-order valence-electron chi connectivity index (χ1n) is 8.62. The fourth-order valence-corrected chi connectivity index (χ4v) is 4.88. The molecule has 3 aliphatic rings. The van der Waals surface area contributed by atoms with Gasteiger partial charge in [-0.05, 0) is 69.1 Å². The summed E-state index contributed by atoms with van der Waals surface area (Å²) in [5.74, 6) is 2.59. The van der Waals surface area contributed by atoms with Crippen molar-refractivity contribution in [2.24, 2.45) is 23.5 Å². The van der Waals surface area contributed by atoms with Gasteiger partial charge in [-0.3, -0.25) is 0 Å². The van der Waals surface area contributed by atoms with Crippen molar-refractivity contribution in [3.8, 4) is 0 Å². The molecule has 0 aromatic carbocycles. The normalized spacial score (nSPS) is 42.0. The number of nitrogens with two attached hydrogens (primary N) is 1. The van der Waals surface area contributed by atoms with Gasteiger partial charge in [-0.2, -0.15) is 0 Å². The summed E-state index contributed by atoms with van der Waals surface area (Å²) in [5.41, 5.74) is 6.77. The van der Waals surface area contributed by atoms with E-state index >= 15 is 0 Å². The maximum atomic E-state index is 6.48. The highest BCUT2D eigenvalue weighted by molar-refractivity contribution is 4.97. The lowest BCUT2D eigenvalue weighted by Crippen LogP contribution is -2.50. The molecule has 2 nitrogen and oxygen atoms in total. The summed E-state index contributed by atoms with van der Waals surface area (Å²) >= 11 is 0. The second-order valence-electron chi connectivity index (χ2n) is 7.43. The molecular weight excluding hydrogens is 234 g/mol. The zero-order chi connectivity index (χ0) is 13.3. The minimum Gasteiger partial charge on any atom is -0.375 e. The predicted molar refractivity (Wildman–Crippen MR) is 79.0 cm³/mol. The lowest BCUT2D eigenvalue weighted by Gasteiger charge is -2.50. The van der Waals surface area contributed by atoms with E-state index in [0.717, 1.165) is 24.4 Å². The summed E-state index contributed by atoms with van der Waals surface area (Å²) in [6.07, 6.45) is 13.4. The lowest BCUT2D eigenvalue weighted by atomic mass is 9.64. The van der Waals surface area contributed by atoms with Crippen LogP contribution in [0.25, 0.3) is 0 Å². The number of hydrogen-bond donors (Lipinski definition) is 1. The zero-order valence-corrected chi connectivity index (χ0v) is 12.6. The van der Waals surface area contributed by atoms with Gasteiger partial charge in [0.1, 0.15) is 0 Å². The first kappa shape index (κ1) is 13.9. The van der Waals surface area contributed by atoms with Crippen LogP contribution in [0.15, 0.2) is 0 Å². The molecule has 1 aliphatic heterocycles. The van der Waals surface area contributed by atoms with Crippen LogP contribution in [0, 0.1) is 17.8 Å². The molecular formula is C17H31NO. The molecule has 0 amide bonds. The molecule has 0 aromatic heterocycles. The molecule has 1 saturated heterocycles. The fraction of sp³-hybridized carbons (Fsp3) is 1.00. The van der Waals surface area contributed by atoms with E-state index in [1.807, 2.05) is 0 Å². The lowest BCUT2D eigenvalue weighted by molar-refractivity contribution is -0.153. The summed E-state index contributed by atoms with van der Waals surface area (Å²) in [6, 6.07) is 0.466. The molecule has 2 N–H and O–H groups in total. The van der Waals surface area contributed by atoms with Crippen LogP contribution in [0.5, 0.6) is 0 Å². The van der Waals surface area contributed by atoms with Crippen molar-refractivity contribution >= 4 is 0 Å². The van der Waals surface area contributed by atoms with Gasteiger partial charge in [0.2, 0.25) is 0 Å². The van der Waals surface area contributed by atoms with Gasteiger partial charge in [-0.15, -0.1) is 0 Å². The Labute approximate surface area is 118 Å². The molecule has 2 aliphatic carbocycles. The van der Waals surface area contributed by atoms with E-state index in [-0.39, 0.29) is 0 Å². The third kappa shape index (κ3) is 2.85. The summed E-state index contributed by atoms with van der Waals surface area (Å²) < 4.78 is 6.09. The second kappa shape index (κ2) is 5.73. The molecule has 1 spiro atoms. The molecule has 110 valence electrons. The summed E-state index contributed by atoms with van der Waals surface area (Å²) in [7, 11) is 0. The Bertz CT molecular complexity index is 300.